The van der Waals surface area contributed by atoms with Gasteiger partial charge in [0.15, 0.2) is 12.0 Å². The van der Waals surface area contributed by atoms with Crippen LogP contribution in [0.15, 0.2) is 24.5 Å². The third-order valence-corrected chi connectivity index (χ3v) is 2.13. The predicted molar refractivity (Wildman–Crippen MR) is 54.3 cm³/mol. The van der Waals surface area contributed by atoms with Gasteiger partial charge in [-0.2, -0.15) is 0 Å². The number of carbonyl (C=O) groups is 1. The van der Waals surface area contributed by atoms with E-state index < -0.39 is 0 Å². The second-order valence-corrected chi connectivity index (χ2v) is 2.99. The summed E-state index contributed by atoms with van der Waals surface area (Å²) in [5.41, 5.74) is 2.01. The number of hydrogen-bond acceptors (Lipinski definition) is 4. The number of nitrogens with zero attached hydrogens (tertiary/aromatic N) is 4. The van der Waals surface area contributed by atoms with Gasteiger partial charge in [-0.25, -0.2) is 4.68 Å². The molecule has 5 heteroatoms. The average molecular weight is 202 g/mol. The van der Waals surface area contributed by atoms with Crippen LogP contribution in [-0.4, -0.2) is 26.3 Å². The predicted octanol–water partition coefficient (Wildman–Crippen LogP) is 1.17. The number of aldehydes is 1. The van der Waals surface area contributed by atoms with Crippen LogP contribution in [0.5, 0.6) is 0 Å². The van der Waals surface area contributed by atoms with E-state index in [0.717, 1.165) is 17.5 Å². The van der Waals surface area contributed by atoms with Crippen LogP contribution in [0.4, 0.5) is 0 Å². The first kappa shape index (κ1) is 9.51. The van der Waals surface area contributed by atoms with E-state index in [9.17, 15) is 4.79 Å². The maximum Gasteiger partial charge on any atom is 0.172 e. The monoisotopic (exact) mass is 202 g/mol. The van der Waals surface area contributed by atoms with E-state index in [1.54, 1.807) is 17.1 Å². The van der Waals surface area contributed by atoms with Gasteiger partial charge in [0.25, 0.3) is 0 Å². The van der Waals surface area contributed by atoms with Crippen molar-refractivity contribution in [1.82, 2.24) is 20.0 Å². The molecule has 0 bridgehead atoms. The number of rotatable bonds is 3. The van der Waals surface area contributed by atoms with E-state index >= 15 is 0 Å². The number of aryl methyl sites for hydroxylation is 1. The summed E-state index contributed by atoms with van der Waals surface area (Å²) in [6.45, 7) is 2.63. The Kier molecular flexibility index (Phi) is 2.53. The van der Waals surface area contributed by atoms with Crippen LogP contribution < -0.4 is 0 Å². The Morgan fingerprint density at radius 2 is 2.13 bits per heavy atom. The van der Waals surface area contributed by atoms with Crippen LogP contribution in [0.1, 0.15) is 17.4 Å². The Morgan fingerprint density at radius 1 is 1.40 bits per heavy atom. The fourth-order valence-electron chi connectivity index (χ4n) is 1.43. The molecule has 0 aliphatic heterocycles. The number of hydrogen-bond donors (Lipinski definition) is 0. The van der Waals surface area contributed by atoms with Gasteiger partial charge >= 0.3 is 0 Å². The lowest BCUT2D eigenvalue weighted by Crippen LogP contribution is -2.00. The summed E-state index contributed by atoms with van der Waals surface area (Å²) in [6, 6.07) is 3.66. The summed E-state index contributed by atoms with van der Waals surface area (Å²) >= 11 is 0. The summed E-state index contributed by atoms with van der Waals surface area (Å²) in [5.74, 6) is 0. The van der Waals surface area contributed by atoms with Gasteiger partial charge in [-0.05, 0) is 19.1 Å². The van der Waals surface area contributed by atoms with Crippen LogP contribution in [0, 0.1) is 0 Å². The Labute approximate surface area is 86.8 Å². The van der Waals surface area contributed by atoms with Crippen LogP contribution in [0.25, 0.3) is 11.3 Å². The SMILES string of the molecule is CCn1nnc(C=O)c1-c1ccncc1. The zero-order chi connectivity index (χ0) is 10.7. The van der Waals surface area contributed by atoms with Crippen molar-refractivity contribution < 1.29 is 4.79 Å². The van der Waals surface area contributed by atoms with Gasteiger partial charge in [0, 0.05) is 24.5 Å². The number of carbonyl (C=O) groups excluding carboxylic acids is 1. The van der Waals surface area contributed by atoms with Gasteiger partial charge in [0.05, 0.1) is 5.69 Å². The first-order valence-corrected chi connectivity index (χ1v) is 4.66. The van der Waals surface area contributed by atoms with Gasteiger partial charge in [0.1, 0.15) is 0 Å². The minimum Gasteiger partial charge on any atom is -0.296 e. The molecule has 0 unspecified atom stereocenters. The highest BCUT2D eigenvalue weighted by atomic mass is 16.1. The van der Waals surface area contributed by atoms with Crippen LogP contribution >= 0.6 is 0 Å². The molecule has 0 N–H and O–H groups in total. The summed E-state index contributed by atoms with van der Waals surface area (Å²) in [7, 11) is 0. The molecule has 0 aromatic carbocycles. The van der Waals surface area contributed by atoms with E-state index in [2.05, 4.69) is 15.3 Å². The Balaban J connectivity index is 2.59. The van der Waals surface area contributed by atoms with Crippen molar-refractivity contribution in [2.75, 3.05) is 0 Å². The largest absolute Gasteiger partial charge is 0.296 e. The van der Waals surface area contributed by atoms with Crippen molar-refractivity contribution in [3.63, 3.8) is 0 Å². The third kappa shape index (κ3) is 1.63. The highest BCUT2D eigenvalue weighted by molar-refractivity contribution is 5.82. The molecule has 2 aromatic heterocycles. The van der Waals surface area contributed by atoms with Gasteiger partial charge < -0.3 is 0 Å². The lowest BCUT2D eigenvalue weighted by atomic mass is 10.1. The Bertz CT molecular complexity index is 464. The van der Waals surface area contributed by atoms with E-state index in [0.29, 0.717) is 12.2 Å². The molecule has 2 heterocycles. The van der Waals surface area contributed by atoms with Crippen LogP contribution in [0.2, 0.25) is 0 Å². The van der Waals surface area contributed by atoms with Crippen molar-refractivity contribution in [1.29, 1.82) is 0 Å². The zero-order valence-electron chi connectivity index (χ0n) is 8.29. The van der Waals surface area contributed by atoms with Gasteiger partial charge in [-0.1, -0.05) is 5.21 Å². The molecule has 0 amide bonds. The number of pyridine rings is 1. The second-order valence-electron chi connectivity index (χ2n) is 2.99. The molecule has 0 spiro atoms. The van der Waals surface area contributed by atoms with Crippen LogP contribution in [-0.2, 0) is 6.54 Å². The molecule has 76 valence electrons. The van der Waals surface area contributed by atoms with Crippen LogP contribution in [0.3, 0.4) is 0 Å². The minimum atomic E-state index is 0.364. The Morgan fingerprint density at radius 3 is 2.73 bits per heavy atom. The fraction of sp³-hybridized carbons (Fsp3) is 0.200. The molecule has 0 radical (unpaired) electrons. The summed E-state index contributed by atoms with van der Waals surface area (Å²) in [5, 5.41) is 7.70. The topological polar surface area (TPSA) is 60.7 Å². The minimum absolute atomic E-state index is 0.364. The normalized spacial score (nSPS) is 10.2. The van der Waals surface area contributed by atoms with E-state index in [1.807, 2.05) is 19.1 Å². The van der Waals surface area contributed by atoms with Gasteiger partial charge in [0.2, 0.25) is 0 Å². The summed E-state index contributed by atoms with van der Waals surface area (Å²) < 4.78 is 1.69. The maximum atomic E-state index is 10.8. The summed E-state index contributed by atoms with van der Waals surface area (Å²) in [4.78, 5) is 14.7. The molecule has 0 aliphatic carbocycles. The first-order chi connectivity index (χ1) is 7.36. The lowest BCUT2D eigenvalue weighted by Gasteiger charge is -2.02. The Hall–Kier alpha value is -2.04. The van der Waals surface area contributed by atoms with Crippen molar-refractivity contribution in [3.05, 3.63) is 30.2 Å². The fourth-order valence-corrected chi connectivity index (χ4v) is 1.43. The standard InChI is InChI=1S/C10H10N4O/c1-2-14-10(9(7-15)12-13-14)8-3-5-11-6-4-8/h3-7H,2H2,1H3. The second kappa shape index (κ2) is 4.00. The average Bonchev–Trinajstić information content (AvgIpc) is 2.72. The molecule has 2 aromatic rings. The molecule has 0 saturated heterocycles. The van der Waals surface area contributed by atoms with Crippen molar-refractivity contribution in [3.8, 4) is 11.3 Å². The summed E-state index contributed by atoms with van der Waals surface area (Å²) in [6.07, 6.45) is 4.07. The third-order valence-electron chi connectivity index (χ3n) is 2.13. The lowest BCUT2D eigenvalue weighted by molar-refractivity contribution is 0.111. The molecule has 0 atom stereocenters. The van der Waals surface area contributed by atoms with Crippen molar-refractivity contribution in [2.45, 2.75) is 13.5 Å². The van der Waals surface area contributed by atoms with E-state index in [1.165, 1.54) is 0 Å². The molecular weight excluding hydrogens is 192 g/mol. The highest BCUT2D eigenvalue weighted by Gasteiger charge is 2.12. The zero-order valence-corrected chi connectivity index (χ0v) is 8.29. The van der Waals surface area contributed by atoms with Crippen molar-refractivity contribution >= 4 is 6.29 Å². The molecule has 0 saturated carbocycles. The van der Waals surface area contributed by atoms with E-state index in [-0.39, 0.29) is 0 Å². The smallest absolute Gasteiger partial charge is 0.172 e. The molecule has 5 nitrogen and oxygen atoms in total. The molecule has 0 fully saturated rings. The maximum absolute atomic E-state index is 10.8. The van der Waals surface area contributed by atoms with E-state index in [4.69, 9.17) is 0 Å². The highest BCUT2D eigenvalue weighted by Crippen LogP contribution is 2.19. The molecule has 2 rings (SSSR count). The first-order valence-electron chi connectivity index (χ1n) is 4.66. The quantitative estimate of drug-likeness (QED) is 0.701. The van der Waals surface area contributed by atoms with Crippen molar-refractivity contribution in [2.24, 2.45) is 0 Å². The molecular formula is C10H10N4O. The van der Waals surface area contributed by atoms with Gasteiger partial charge in [-0.3, -0.25) is 9.78 Å². The number of aromatic nitrogens is 4. The molecule has 15 heavy (non-hydrogen) atoms. The molecule has 0 aliphatic rings. The van der Waals surface area contributed by atoms with Gasteiger partial charge in [-0.15, -0.1) is 5.10 Å².